The summed E-state index contributed by atoms with van der Waals surface area (Å²) in [7, 11) is 1.65. The lowest BCUT2D eigenvalue weighted by molar-refractivity contribution is 0.411. The minimum Gasteiger partial charge on any atom is -0.495 e. The summed E-state index contributed by atoms with van der Waals surface area (Å²) in [6.07, 6.45) is 5.42. The van der Waals surface area contributed by atoms with Gasteiger partial charge in [-0.25, -0.2) is 0 Å². The summed E-state index contributed by atoms with van der Waals surface area (Å²) >= 11 is 0. The monoisotopic (exact) mass is 257 g/mol. The number of methoxy groups -OCH3 is 1. The van der Waals surface area contributed by atoms with Crippen molar-refractivity contribution in [2.75, 3.05) is 13.7 Å². The quantitative estimate of drug-likeness (QED) is 0.894. The van der Waals surface area contributed by atoms with Crippen molar-refractivity contribution in [3.05, 3.63) is 53.6 Å². The van der Waals surface area contributed by atoms with Gasteiger partial charge in [-0.05, 0) is 42.8 Å². The first-order chi connectivity index (χ1) is 9.24. The molecule has 2 rings (SSSR count). The molecule has 100 valence electrons. The van der Waals surface area contributed by atoms with Crippen molar-refractivity contribution in [2.24, 2.45) is 0 Å². The van der Waals surface area contributed by atoms with Gasteiger partial charge in [0.15, 0.2) is 0 Å². The van der Waals surface area contributed by atoms with Crippen LogP contribution < -0.4 is 10.1 Å². The number of rotatable bonds is 5. The van der Waals surface area contributed by atoms with Crippen molar-refractivity contribution >= 4 is 0 Å². The Morgan fingerprint density at radius 2 is 2.11 bits per heavy atom. The van der Waals surface area contributed by atoms with Gasteiger partial charge in [-0.15, -0.1) is 0 Å². The number of hydrogen-bond acceptors (Lipinski definition) is 4. The predicted molar refractivity (Wildman–Crippen MR) is 75.3 cm³/mol. The van der Waals surface area contributed by atoms with Gasteiger partial charge in [-0.3, -0.25) is 9.97 Å². The minimum absolute atomic E-state index is 0.106. The lowest BCUT2D eigenvalue weighted by Crippen LogP contribution is -2.22. The third-order valence-corrected chi connectivity index (χ3v) is 2.97. The number of nitrogens with zero attached hydrogens (tertiary/aromatic N) is 2. The zero-order valence-electron chi connectivity index (χ0n) is 11.6. The topological polar surface area (TPSA) is 47.0 Å². The molecule has 2 aromatic heterocycles. The van der Waals surface area contributed by atoms with Gasteiger partial charge in [0.1, 0.15) is 5.75 Å². The maximum Gasteiger partial charge on any atom is 0.137 e. The molecule has 1 N–H and O–H groups in total. The Morgan fingerprint density at radius 1 is 1.26 bits per heavy atom. The Balaban J connectivity index is 2.38. The molecule has 4 nitrogen and oxygen atoms in total. The van der Waals surface area contributed by atoms with Gasteiger partial charge in [0.25, 0.3) is 0 Å². The largest absolute Gasteiger partial charge is 0.495 e. The number of nitrogens with one attached hydrogen (secondary N) is 1. The molecule has 0 amide bonds. The first kappa shape index (κ1) is 13.5. The van der Waals surface area contributed by atoms with Crippen molar-refractivity contribution in [3.8, 4) is 5.75 Å². The molecule has 0 spiro atoms. The SMILES string of the molecule is CCNC(c1cncc(OC)c1)c1ccnc(C)c1. The number of pyridine rings is 2. The fraction of sp³-hybridized carbons (Fsp3) is 0.333. The molecular weight excluding hydrogens is 238 g/mol. The number of ether oxygens (including phenoxy) is 1. The molecule has 0 bridgehead atoms. The van der Waals surface area contributed by atoms with E-state index in [2.05, 4.69) is 28.3 Å². The molecule has 1 unspecified atom stereocenters. The van der Waals surface area contributed by atoms with Crippen molar-refractivity contribution in [2.45, 2.75) is 19.9 Å². The third-order valence-electron chi connectivity index (χ3n) is 2.97. The Bertz CT molecular complexity index is 542. The molecule has 0 aliphatic carbocycles. The molecule has 0 saturated heterocycles. The van der Waals surface area contributed by atoms with Crippen LogP contribution in [0.4, 0.5) is 0 Å². The Morgan fingerprint density at radius 3 is 2.79 bits per heavy atom. The molecule has 2 aromatic rings. The molecular formula is C15H19N3O. The number of aryl methyl sites for hydroxylation is 1. The van der Waals surface area contributed by atoms with Gasteiger partial charge < -0.3 is 10.1 Å². The summed E-state index contributed by atoms with van der Waals surface area (Å²) in [4.78, 5) is 8.47. The van der Waals surface area contributed by atoms with Crippen molar-refractivity contribution in [1.29, 1.82) is 0 Å². The second-order valence-corrected chi connectivity index (χ2v) is 4.38. The molecule has 0 aliphatic heterocycles. The average molecular weight is 257 g/mol. The standard InChI is InChI=1S/C15H19N3O/c1-4-17-15(12-5-6-18-11(2)7-12)13-8-14(19-3)10-16-9-13/h5-10,15,17H,4H2,1-3H3. The van der Waals surface area contributed by atoms with Crippen LogP contribution in [0.3, 0.4) is 0 Å². The summed E-state index contributed by atoms with van der Waals surface area (Å²) in [5.41, 5.74) is 3.28. The molecule has 0 saturated carbocycles. The van der Waals surface area contributed by atoms with E-state index in [1.165, 1.54) is 5.56 Å². The van der Waals surface area contributed by atoms with Gasteiger partial charge in [0, 0.05) is 18.1 Å². The van der Waals surface area contributed by atoms with E-state index in [0.717, 1.165) is 23.6 Å². The lowest BCUT2D eigenvalue weighted by atomic mass is 10.0. The molecule has 4 heteroatoms. The lowest BCUT2D eigenvalue weighted by Gasteiger charge is -2.19. The molecule has 0 aromatic carbocycles. The van der Waals surface area contributed by atoms with E-state index in [1.807, 2.05) is 31.5 Å². The molecule has 0 fully saturated rings. The summed E-state index contributed by atoms with van der Waals surface area (Å²) in [5, 5.41) is 3.47. The fourth-order valence-corrected chi connectivity index (χ4v) is 2.08. The Kier molecular flexibility index (Phi) is 4.47. The minimum atomic E-state index is 0.106. The van der Waals surface area contributed by atoms with Crippen LogP contribution in [0.1, 0.15) is 29.8 Å². The molecule has 19 heavy (non-hydrogen) atoms. The normalized spacial score (nSPS) is 12.2. The molecule has 1 atom stereocenters. The smallest absolute Gasteiger partial charge is 0.137 e. The van der Waals surface area contributed by atoms with E-state index in [-0.39, 0.29) is 6.04 Å². The maximum absolute atomic E-state index is 5.24. The highest BCUT2D eigenvalue weighted by Crippen LogP contribution is 2.24. The van der Waals surface area contributed by atoms with E-state index in [9.17, 15) is 0 Å². The van der Waals surface area contributed by atoms with Crippen molar-refractivity contribution in [3.63, 3.8) is 0 Å². The Hall–Kier alpha value is -1.94. The maximum atomic E-state index is 5.24. The van der Waals surface area contributed by atoms with E-state index in [0.29, 0.717) is 0 Å². The zero-order valence-corrected chi connectivity index (χ0v) is 11.6. The first-order valence-electron chi connectivity index (χ1n) is 6.39. The van der Waals surface area contributed by atoms with Crippen LogP contribution in [0.5, 0.6) is 5.75 Å². The highest BCUT2D eigenvalue weighted by Gasteiger charge is 2.14. The zero-order chi connectivity index (χ0) is 13.7. The van der Waals surface area contributed by atoms with Gasteiger partial charge >= 0.3 is 0 Å². The number of aromatic nitrogens is 2. The summed E-state index contributed by atoms with van der Waals surface area (Å²) in [6.45, 7) is 4.97. The van der Waals surface area contributed by atoms with Crippen molar-refractivity contribution in [1.82, 2.24) is 15.3 Å². The van der Waals surface area contributed by atoms with Crippen LogP contribution in [0.15, 0.2) is 36.8 Å². The highest BCUT2D eigenvalue weighted by molar-refractivity contribution is 5.34. The summed E-state index contributed by atoms with van der Waals surface area (Å²) in [5.74, 6) is 0.770. The van der Waals surface area contributed by atoms with Gasteiger partial charge in [-0.2, -0.15) is 0 Å². The van der Waals surface area contributed by atoms with E-state index in [4.69, 9.17) is 4.74 Å². The van der Waals surface area contributed by atoms with Crippen LogP contribution in [0, 0.1) is 6.92 Å². The highest BCUT2D eigenvalue weighted by atomic mass is 16.5. The molecule has 2 heterocycles. The van der Waals surface area contributed by atoms with Gasteiger partial charge in [-0.1, -0.05) is 6.92 Å². The van der Waals surface area contributed by atoms with E-state index >= 15 is 0 Å². The van der Waals surface area contributed by atoms with E-state index in [1.54, 1.807) is 13.3 Å². The van der Waals surface area contributed by atoms with Crippen molar-refractivity contribution < 1.29 is 4.74 Å². The molecule has 0 radical (unpaired) electrons. The van der Waals surface area contributed by atoms with Gasteiger partial charge in [0.2, 0.25) is 0 Å². The molecule has 0 aliphatic rings. The van der Waals surface area contributed by atoms with Crippen LogP contribution >= 0.6 is 0 Å². The van der Waals surface area contributed by atoms with E-state index < -0.39 is 0 Å². The third kappa shape index (κ3) is 3.29. The van der Waals surface area contributed by atoms with Crippen LogP contribution in [-0.4, -0.2) is 23.6 Å². The fourth-order valence-electron chi connectivity index (χ4n) is 2.08. The average Bonchev–Trinajstić information content (AvgIpc) is 2.45. The Labute approximate surface area is 113 Å². The van der Waals surface area contributed by atoms with Crippen LogP contribution in [-0.2, 0) is 0 Å². The van der Waals surface area contributed by atoms with Gasteiger partial charge in [0.05, 0.1) is 19.3 Å². The number of hydrogen-bond donors (Lipinski definition) is 1. The second-order valence-electron chi connectivity index (χ2n) is 4.38. The summed E-state index contributed by atoms with van der Waals surface area (Å²) < 4.78 is 5.24. The second kappa shape index (κ2) is 6.29. The van der Waals surface area contributed by atoms with Crippen LogP contribution in [0.2, 0.25) is 0 Å². The van der Waals surface area contributed by atoms with Crippen LogP contribution in [0.25, 0.3) is 0 Å². The summed E-state index contributed by atoms with van der Waals surface area (Å²) in [6, 6.07) is 6.23. The first-order valence-corrected chi connectivity index (χ1v) is 6.39. The predicted octanol–water partition coefficient (Wildman–Crippen LogP) is 2.49.